The Morgan fingerprint density at radius 2 is 0.276 bits per heavy atom. The maximum atomic E-state index is 2.00. The highest BCUT2D eigenvalue weighted by Gasteiger charge is 1.96. The van der Waals surface area contributed by atoms with E-state index < -0.39 is 0 Å². The van der Waals surface area contributed by atoms with Crippen molar-refractivity contribution in [2.75, 3.05) is 0 Å². The second-order valence-electron chi connectivity index (χ2n) is 7.52. The van der Waals surface area contributed by atoms with Gasteiger partial charge in [-0.1, -0.05) is 182 Å². The average Bonchev–Trinajstić information content (AvgIpc) is 2.75. The summed E-state index contributed by atoms with van der Waals surface area (Å²) in [5.74, 6) is 0. The van der Waals surface area contributed by atoms with Crippen molar-refractivity contribution in [1.82, 2.24) is 0 Å². The van der Waals surface area contributed by atoms with Gasteiger partial charge in [0.25, 0.3) is 0 Å². The van der Waals surface area contributed by atoms with E-state index in [-0.39, 0.29) is 34.4 Å². The zero-order valence-corrected chi connectivity index (χ0v) is 16.6. The van der Waals surface area contributed by atoms with Crippen molar-refractivity contribution in [2.45, 2.75) is 145 Å². The predicted molar refractivity (Wildman–Crippen MR) is 139 cm³/mol. The summed E-state index contributed by atoms with van der Waals surface area (Å²) in [6, 6.07) is 12.0. The fourth-order valence-corrected chi connectivity index (χ4v) is 3.57. The molecule has 0 spiro atoms. The molecule has 3 saturated carbocycles. The first-order valence-corrected chi connectivity index (χ1v) is 11.0. The molecule has 3 fully saturated rings. The molecule has 1 heteroatoms. The summed E-state index contributed by atoms with van der Waals surface area (Å²) >= 11 is 0. The van der Waals surface area contributed by atoms with Gasteiger partial charge in [-0.05, 0) is 0 Å². The van der Waals surface area contributed by atoms with Crippen LogP contribution in [0, 0.1) is 0 Å². The van der Waals surface area contributed by atoms with E-state index in [4.69, 9.17) is 0 Å². The highest BCUT2D eigenvalue weighted by molar-refractivity contribution is 4.99. The first-order valence-electron chi connectivity index (χ1n) is 11.0. The van der Waals surface area contributed by atoms with Gasteiger partial charge in [-0.3, -0.25) is 4.70 Å². The maximum Gasteiger partial charge on any atom is -0.0533 e. The largest absolute Gasteiger partial charge is 0.269 e. The van der Waals surface area contributed by atoms with E-state index in [1.54, 1.807) is 0 Å². The predicted octanol–water partition coefficient (Wildman–Crippen LogP) is 11.4. The van der Waals surface area contributed by atoms with Gasteiger partial charge in [0.2, 0.25) is 0 Å². The van der Waals surface area contributed by atoms with E-state index in [1.165, 1.54) is 116 Å². The standard InChI is InChI=1S/3C6H12.C6H6.4CH4.FH/c4*1-2-4-6-5-3-1;;;;;/h3*1-6H2;1-6H;4*1H4;1H. The van der Waals surface area contributed by atoms with E-state index >= 15 is 0 Å². The van der Waals surface area contributed by atoms with Crippen LogP contribution in [0.15, 0.2) is 36.4 Å². The third kappa shape index (κ3) is 32.0. The Morgan fingerprint density at radius 3 is 0.345 bits per heavy atom. The fourth-order valence-electron chi connectivity index (χ4n) is 3.57. The molecule has 0 aromatic heterocycles. The van der Waals surface area contributed by atoms with E-state index in [0.717, 1.165) is 0 Å². The molecule has 0 radical (unpaired) electrons. The highest BCUT2D eigenvalue weighted by Crippen LogP contribution is 2.16. The molecule has 0 amide bonds. The van der Waals surface area contributed by atoms with Gasteiger partial charge >= 0.3 is 0 Å². The Labute approximate surface area is 186 Å². The molecule has 0 bridgehead atoms. The molecule has 0 unspecified atom stereocenters. The summed E-state index contributed by atoms with van der Waals surface area (Å²) in [6.07, 6.45) is 27.0. The van der Waals surface area contributed by atoms with E-state index in [2.05, 4.69) is 0 Å². The number of hydrogen-bond donors (Lipinski definition) is 0. The zero-order valence-electron chi connectivity index (χ0n) is 16.6. The summed E-state index contributed by atoms with van der Waals surface area (Å²) in [5.41, 5.74) is 0. The van der Waals surface area contributed by atoms with Gasteiger partial charge in [0, 0.05) is 0 Å². The van der Waals surface area contributed by atoms with Gasteiger partial charge in [-0.2, -0.15) is 0 Å². The first kappa shape index (κ1) is 38.7. The van der Waals surface area contributed by atoms with Crippen LogP contribution >= 0.6 is 0 Å². The Kier molecular flexibility index (Phi) is 46.3. The second kappa shape index (κ2) is 34.6. The Balaban J connectivity index is -0.0000000835. The second-order valence-corrected chi connectivity index (χ2v) is 7.52. The molecule has 29 heavy (non-hydrogen) atoms. The van der Waals surface area contributed by atoms with Crippen LogP contribution in [0.25, 0.3) is 0 Å². The van der Waals surface area contributed by atoms with Gasteiger partial charge in [0.15, 0.2) is 0 Å². The fraction of sp³-hybridized carbons (Fsp3) is 0.786. The maximum absolute atomic E-state index is 2.00. The molecule has 3 aliphatic carbocycles. The molecule has 178 valence electrons. The molecule has 0 heterocycles. The summed E-state index contributed by atoms with van der Waals surface area (Å²) in [4.78, 5) is 0. The molecule has 0 N–H and O–H groups in total. The average molecular weight is 415 g/mol. The van der Waals surface area contributed by atoms with Gasteiger partial charge in [-0.15, -0.1) is 0 Å². The molecule has 3 aliphatic rings. The first-order chi connectivity index (χ1) is 12.0. The normalized spacial score (nSPS) is 16.6. The van der Waals surface area contributed by atoms with Crippen molar-refractivity contribution >= 4 is 0 Å². The van der Waals surface area contributed by atoms with E-state index in [1.807, 2.05) is 36.4 Å². The Morgan fingerprint density at radius 1 is 0.207 bits per heavy atom. The zero-order chi connectivity index (χ0) is 17.0. The minimum atomic E-state index is 0. The van der Waals surface area contributed by atoms with Crippen LogP contribution in [-0.2, 0) is 0 Å². The summed E-state index contributed by atoms with van der Waals surface area (Å²) in [6.45, 7) is 0. The van der Waals surface area contributed by atoms with Crippen molar-refractivity contribution < 1.29 is 4.70 Å². The number of halogens is 1. The van der Waals surface area contributed by atoms with Crippen LogP contribution in [0.1, 0.15) is 145 Å². The minimum absolute atomic E-state index is 0. The quantitative estimate of drug-likeness (QED) is 0.396. The van der Waals surface area contributed by atoms with Crippen LogP contribution in [-0.4, -0.2) is 0 Å². The van der Waals surface area contributed by atoms with Crippen molar-refractivity contribution in [3.05, 3.63) is 36.4 Å². The summed E-state index contributed by atoms with van der Waals surface area (Å²) in [7, 11) is 0. The van der Waals surface area contributed by atoms with Gasteiger partial charge < -0.3 is 0 Å². The topological polar surface area (TPSA) is 0 Å². The molecule has 0 saturated heterocycles. The van der Waals surface area contributed by atoms with E-state index in [0.29, 0.717) is 0 Å². The Hall–Kier alpha value is -0.850. The lowest BCUT2D eigenvalue weighted by Crippen LogP contribution is -1.85. The number of rotatable bonds is 0. The molecule has 1 aromatic rings. The van der Waals surface area contributed by atoms with Crippen LogP contribution in [0.2, 0.25) is 0 Å². The minimum Gasteiger partial charge on any atom is -0.269 e. The molecular formula is C28H59F. The third-order valence-corrected chi connectivity index (χ3v) is 5.17. The molecular weight excluding hydrogens is 355 g/mol. The van der Waals surface area contributed by atoms with Crippen molar-refractivity contribution in [2.24, 2.45) is 0 Å². The Bertz CT molecular complexity index is 221. The molecule has 0 aliphatic heterocycles. The lowest BCUT2D eigenvalue weighted by Gasteiger charge is -2.05. The molecule has 1 aromatic carbocycles. The van der Waals surface area contributed by atoms with Crippen molar-refractivity contribution in [3.63, 3.8) is 0 Å². The van der Waals surface area contributed by atoms with Gasteiger partial charge in [0.1, 0.15) is 0 Å². The van der Waals surface area contributed by atoms with Crippen LogP contribution in [0.5, 0.6) is 0 Å². The molecule has 4 rings (SSSR count). The monoisotopic (exact) mass is 414 g/mol. The lowest BCUT2D eigenvalue weighted by atomic mass is 10.0. The van der Waals surface area contributed by atoms with Crippen LogP contribution in [0.3, 0.4) is 0 Å². The number of benzene rings is 1. The van der Waals surface area contributed by atoms with Crippen LogP contribution in [0.4, 0.5) is 4.70 Å². The SMILES string of the molecule is C.C.C.C.C1CCCCC1.C1CCCCC1.C1CCCCC1.F.c1ccccc1. The van der Waals surface area contributed by atoms with Crippen LogP contribution < -0.4 is 0 Å². The molecule has 0 atom stereocenters. The highest BCUT2D eigenvalue weighted by atomic mass is 19.0. The summed E-state index contributed by atoms with van der Waals surface area (Å²) in [5, 5.41) is 0. The third-order valence-electron chi connectivity index (χ3n) is 5.17. The summed E-state index contributed by atoms with van der Waals surface area (Å²) < 4.78 is 0. The van der Waals surface area contributed by atoms with E-state index in [9.17, 15) is 0 Å². The van der Waals surface area contributed by atoms with Crippen molar-refractivity contribution in [3.8, 4) is 0 Å². The van der Waals surface area contributed by atoms with Gasteiger partial charge in [-0.25, -0.2) is 0 Å². The smallest absolute Gasteiger partial charge is 0.0533 e. The molecule has 0 nitrogen and oxygen atoms in total. The van der Waals surface area contributed by atoms with Gasteiger partial charge in [0.05, 0.1) is 0 Å². The lowest BCUT2D eigenvalue weighted by molar-refractivity contribution is 0.504. The number of hydrogen-bond acceptors (Lipinski definition) is 0. The van der Waals surface area contributed by atoms with Crippen molar-refractivity contribution in [1.29, 1.82) is 0 Å².